The highest BCUT2D eigenvalue weighted by molar-refractivity contribution is 5.93. The minimum atomic E-state index is 0.0790. The minimum Gasteiger partial charge on any atom is -0.339 e. The predicted octanol–water partition coefficient (Wildman–Crippen LogP) is 2.92. The Morgan fingerprint density at radius 1 is 0.926 bits per heavy atom. The van der Waals surface area contributed by atoms with Crippen molar-refractivity contribution in [2.45, 2.75) is 31.2 Å². The molecule has 6 heteroatoms. The molecular formula is C21H21N5O. The quantitative estimate of drug-likeness (QED) is 0.706. The van der Waals surface area contributed by atoms with E-state index in [1.807, 2.05) is 35.5 Å². The molecule has 0 N–H and O–H groups in total. The molecule has 0 radical (unpaired) electrons. The summed E-state index contributed by atoms with van der Waals surface area (Å²) in [5.74, 6) is 1.25. The predicted molar refractivity (Wildman–Crippen MR) is 101 cm³/mol. The van der Waals surface area contributed by atoms with E-state index < -0.39 is 0 Å². The Hall–Kier alpha value is -3.02. The van der Waals surface area contributed by atoms with Crippen molar-refractivity contribution in [1.82, 2.24) is 24.4 Å². The van der Waals surface area contributed by atoms with E-state index in [-0.39, 0.29) is 11.3 Å². The third kappa shape index (κ3) is 2.63. The summed E-state index contributed by atoms with van der Waals surface area (Å²) in [5, 5.41) is 0. The van der Waals surface area contributed by atoms with Crippen molar-refractivity contribution >= 4 is 5.91 Å². The lowest BCUT2D eigenvalue weighted by atomic mass is 9.76. The summed E-state index contributed by atoms with van der Waals surface area (Å²) >= 11 is 0. The molecule has 2 aliphatic heterocycles. The summed E-state index contributed by atoms with van der Waals surface area (Å²) in [4.78, 5) is 27.8. The average molecular weight is 359 g/mol. The number of aromatic nitrogens is 4. The van der Waals surface area contributed by atoms with Crippen molar-refractivity contribution in [2.75, 3.05) is 13.1 Å². The van der Waals surface area contributed by atoms with E-state index in [2.05, 4.69) is 20.6 Å². The Labute approximate surface area is 157 Å². The number of carbonyl (C=O) groups is 1. The van der Waals surface area contributed by atoms with Crippen LogP contribution in [0, 0.1) is 0 Å². The van der Waals surface area contributed by atoms with Crippen LogP contribution in [0.1, 0.15) is 35.4 Å². The highest BCUT2D eigenvalue weighted by atomic mass is 16.2. The fourth-order valence-electron chi connectivity index (χ4n) is 4.49. The molecule has 0 saturated carbocycles. The van der Waals surface area contributed by atoms with Crippen LogP contribution in [-0.2, 0) is 12.0 Å². The van der Waals surface area contributed by atoms with Crippen molar-refractivity contribution < 1.29 is 4.79 Å². The van der Waals surface area contributed by atoms with Crippen molar-refractivity contribution in [2.24, 2.45) is 0 Å². The molecule has 0 aromatic carbocycles. The number of imidazole rings is 1. The number of nitrogens with zero attached hydrogens (tertiary/aromatic N) is 5. The largest absolute Gasteiger partial charge is 0.339 e. The summed E-state index contributed by atoms with van der Waals surface area (Å²) < 4.78 is 2.34. The molecule has 0 atom stereocenters. The van der Waals surface area contributed by atoms with Gasteiger partial charge < -0.3 is 9.47 Å². The SMILES string of the molecule is O=C(c1cccnc1)N1CCC2(CC1)CCn1c(-c3cccnc3)cnc12. The minimum absolute atomic E-state index is 0.0790. The molecule has 3 aromatic rings. The van der Waals surface area contributed by atoms with E-state index in [4.69, 9.17) is 4.98 Å². The first-order valence-corrected chi connectivity index (χ1v) is 9.43. The zero-order valence-electron chi connectivity index (χ0n) is 15.1. The molecule has 2 aliphatic rings. The van der Waals surface area contributed by atoms with Crippen LogP contribution in [0.15, 0.2) is 55.2 Å². The normalized spacial score (nSPS) is 17.9. The molecule has 27 heavy (non-hydrogen) atoms. The maximum Gasteiger partial charge on any atom is 0.255 e. The van der Waals surface area contributed by atoms with Gasteiger partial charge in [0.2, 0.25) is 0 Å². The average Bonchev–Trinajstić information content (AvgIpc) is 3.31. The Balaban J connectivity index is 1.36. The van der Waals surface area contributed by atoms with E-state index in [1.165, 1.54) is 5.82 Å². The smallest absolute Gasteiger partial charge is 0.255 e. The standard InChI is InChI=1S/C21H21N5O/c27-19(17-4-2-9-23-14-17)25-10-5-21(6-11-25)7-12-26-18(15-24-20(21)26)16-3-1-8-22-13-16/h1-4,8-9,13-15H,5-7,10-12H2. The lowest BCUT2D eigenvalue weighted by Crippen LogP contribution is -2.44. The van der Waals surface area contributed by atoms with Crippen LogP contribution < -0.4 is 0 Å². The first-order chi connectivity index (χ1) is 13.3. The van der Waals surface area contributed by atoms with Gasteiger partial charge in [0.1, 0.15) is 5.82 Å². The molecule has 5 heterocycles. The van der Waals surface area contributed by atoms with E-state index >= 15 is 0 Å². The molecule has 1 amide bonds. The zero-order valence-corrected chi connectivity index (χ0v) is 15.1. The van der Waals surface area contributed by atoms with E-state index in [0.29, 0.717) is 5.56 Å². The number of fused-ring (bicyclic) bond motifs is 2. The van der Waals surface area contributed by atoms with Gasteiger partial charge in [0.25, 0.3) is 5.91 Å². The summed E-state index contributed by atoms with van der Waals surface area (Å²) in [7, 11) is 0. The van der Waals surface area contributed by atoms with E-state index in [1.54, 1.807) is 18.6 Å². The Morgan fingerprint density at radius 2 is 1.67 bits per heavy atom. The Morgan fingerprint density at radius 3 is 2.37 bits per heavy atom. The van der Waals surface area contributed by atoms with Gasteiger partial charge in [0.15, 0.2) is 0 Å². The number of amides is 1. The van der Waals surface area contributed by atoms with Gasteiger partial charge in [0, 0.05) is 55.4 Å². The number of pyridine rings is 2. The van der Waals surface area contributed by atoms with Gasteiger partial charge in [-0.05, 0) is 43.5 Å². The second kappa shape index (κ2) is 6.30. The number of rotatable bonds is 2. The number of carbonyl (C=O) groups excluding carboxylic acids is 1. The summed E-state index contributed by atoms with van der Waals surface area (Å²) in [6.07, 6.45) is 12.0. The van der Waals surface area contributed by atoms with Crippen molar-refractivity contribution in [3.8, 4) is 11.3 Å². The van der Waals surface area contributed by atoms with E-state index in [0.717, 1.165) is 50.2 Å². The molecule has 3 aromatic heterocycles. The second-order valence-electron chi connectivity index (χ2n) is 7.42. The van der Waals surface area contributed by atoms with Crippen LogP contribution in [0.2, 0.25) is 0 Å². The van der Waals surface area contributed by atoms with Crippen LogP contribution in [-0.4, -0.2) is 43.4 Å². The van der Waals surface area contributed by atoms with Gasteiger partial charge in [-0.2, -0.15) is 0 Å². The van der Waals surface area contributed by atoms with Crippen LogP contribution in [0.5, 0.6) is 0 Å². The van der Waals surface area contributed by atoms with Crippen molar-refractivity contribution in [1.29, 1.82) is 0 Å². The zero-order chi connectivity index (χ0) is 18.3. The maximum atomic E-state index is 12.7. The van der Waals surface area contributed by atoms with Crippen LogP contribution >= 0.6 is 0 Å². The molecule has 136 valence electrons. The van der Waals surface area contributed by atoms with Gasteiger partial charge in [-0.15, -0.1) is 0 Å². The molecule has 0 bridgehead atoms. The number of hydrogen-bond donors (Lipinski definition) is 0. The van der Waals surface area contributed by atoms with Gasteiger partial charge in [-0.1, -0.05) is 0 Å². The first kappa shape index (κ1) is 16.2. The molecule has 1 spiro atoms. The van der Waals surface area contributed by atoms with Crippen LogP contribution in [0.4, 0.5) is 0 Å². The molecule has 1 fully saturated rings. The third-order valence-corrected chi connectivity index (χ3v) is 6.02. The molecule has 6 nitrogen and oxygen atoms in total. The maximum absolute atomic E-state index is 12.7. The van der Waals surface area contributed by atoms with Crippen LogP contribution in [0.3, 0.4) is 0 Å². The summed E-state index contributed by atoms with van der Waals surface area (Å²) in [5.41, 5.74) is 3.01. The fourth-order valence-corrected chi connectivity index (χ4v) is 4.49. The lowest BCUT2D eigenvalue weighted by Gasteiger charge is -2.38. The van der Waals surface area contributed by atoms with E-state index in [9.17, 15) is 4.79 Å². The van der Waals surface area contributed by atoms with Crippen LogP contribution in [0.25, 0.3) is 11.3 Å². The van der Waals surface area contributed by atoms with Gasteiger partial charge in [-0.3, -0.25) is 14.8 Å². The molecular weight excluding hydrogens is 338 g/mol. The monoisotopic (exact) mass is 359 g/mol. The van der Waals surface area contributed by atoms with Crippen molar-refractivity contribution in [3.63, 3.8) is 0 Å². The van der Waals surface area contributed by atoms with Gasteiger partial charge in [0.05, 0.1) is 17.5 Å². The molecule has 0 unspecified atom stereocenters. The summed E-state index contributed by atoms with van der Waals surface area (Å²) in [6.45, 7) is 2.52. The fraction of sp³-hybridized carbons (Fsp3) is 0.333. The molecule has 0 aliphatic carbocycles. The Kier molecular flexibility index (Phi) is 3.77. The third-order valence-electron chi connectivity index (χ3n) is 6.02. The molecule has 1 saturated heterocycles. The van der Waals surface area contributed by atoms with Crippen molar-refractivity contribution in [3.05, 3.63) is 66.6 Å². The summed E-state index contributed by atoms with van der Waals surface area (Å²) in [6, 6.07) is 7.69. The second-order valence-corrected chi connectivity index (χ2v) is 7.42. The molecule has 5 rings (SSSR count). The number of piperidine rings is 1. The number of hydrogen-bond acceptors (Lipinski definition) is 4. The highest BCUT2D eigenvalue weighted by Gasteiger charge is 2.44. The van der Waals surface area contributed by atoms with Gasteiger partial charge in [-0.25, -0.2) is 4.98 Å². The van der Waals surface area contributed by atoms with Gasteiger partial charge >= 0.3 is 0 Å². The highest BCUT2D eigenvalue weighted by Crippen LogP contribution is 2.44. The first-order valence-electron chi connectivity index (χ1n) is 9.43. The topological polar surface area (TPSA) is 63.9 Å². The lowest BCUT2D eigenvalue weighted by molar-refractivity contribution is 0.0663. The Bertz CT molecular complexity index is 959. The number of likely N-dealkylation sites (tertiary alicyclic amines) is 1.